The van der Waals surface area contributed by atoms with Gasteiger partial charge < -0.3 is 10.4 Å². The Kier molecular flexibility index (Phi) is 6.62. The summed E-state index contributed by atoms with van der Waals surface area (Å²) in [5.41, 5.74) is 5.31. The van der Waals surface area contributed by atoms with Gasteiger partial charge in [0.15, 0.2) is 0 Å². The quantitative estimate of drug-likeness (QED) is 0.335. The van der Waals surface area contributed by atoms with Crippen LogP contribution in [0.4, 0.5) is 16.0 Å². The van der Waals surface area contributed by atoms with Gasteiger partial charge in [-0.2, -0.15) is 0 Å². The molecule has 4 aromatic rings. The fraction of sp³-hybridized carbons (Fsp3) is 0.111. The highest BCUT2D eigenvalue weighted by atomic mass is 35.5. The smallest absolute Gasteiger partial charge is 0.335 e. The molecule has 0 aliphatic carbocycles. The van der Waals surface area contributed by atoms with E-state index < -0.39 is 5.97 Å². The van der Waals surface area contributed by atoms with Crippen molar-refractivity contribution in [3.05, 3.63) is 106 Å². The number of aromatic carboxylic acids is 1. The summed E-state index contributed by atoms with van der Waals surface area (Å²) < 4.78 is 14.7. The number of carboxylic acids is 1. The molecule has 0 saturated carbocycles. The number of anilines is 2. The van der Waals surface area contributed by atoms with Crippen molar-refractivity contribution in [2.24, 2.45) is 4.99 Å². The Balaban J connectivity index is 0.00000289. The second-order valence-corrected chi connectivity index (χ2v) is 8.30. The Morgan fingerprint density at radius 1 is 1.06 bits per heavy atom. The van der Waals surface area contributed by atoms with Gasteiger partial charge in [-0.25, -0.2) is 19.2 Å². The van der Waals surface area contributed by atoms with Crippen molar-refractivity contribution >= 4 is 34.9 Å². The van der Waals surface area contributed by atoms with Gasteiger partial charge in [-0.3, -0.25) is 4.99 Å². The van der Waals surface area contributed by atoms with Crippen LogP contribution in [0.5, 0.6) is 0 Å². The summed E-state index contributed by atoms with van der Waals surface area (Å²) >= 11 is 6.30. The van der Waals surface area contributed by atoms with Crippen LogP contribution in [0.3, 0.4) is 0 Å². The lowest BCUT2D eigenvalue weighted by molar-refractivity contribution is 0.0696. The second kappa shape index (κ2) is 9.64. The maximum Gasteiger partial charge on any atom is 0.335 e. The van der Waals surface area contributed by atoms with E-state index in [1.54, 1.807) is 55.6 Å². The molecular formula is C27H22ClFN4O2. The van der Waals surface area contributed by atoms with E-state index in [1.165, 1.54) is 12.1 Å². The van der Waals surface area contributed by atoms with Gasteiger partial charge in [0.25, 0.3) is 0 Å². The highest BCUT2D eigenvalue weighted by Crippen LogP contribution is 2.34. The molecule has 0 atom stereocenters. The third-order valence-electron chi connectivity index (χ3n) is 5.61. The average Bonchev–Trinajstić information content (AvgIpc) is 2.96. The normalized spacial score (nSPS) is 11.9. The molecule has 176 valence electrons. The second-order valence-electron chi connectivity index (χ2n) is 7.86. The van der Waals surface area contributed by atoms with Crippen LogP contribution in [0.1, 0.15) is 40.0 Å². The van der Waals surface area contributed by atoms with Crippen molar-refractivity contribution in [1.29, 1.82) is 0 Å². The largest absolute Gasteiger partial charge is 0.478 e. The number of fused-ring (bicyclic) bond motifs is 3. The summed E-state index contributed by atoms with van der Waals surface area (Å²) in [6, 6.07) is 16.8. The highest BCUT2D eigenvalue weighted by molar-refractivity contribution is 6.31. The van der Waals surface area contributed by atoms with Crippen molar-refractivity contribution < 1.29 is 14.3 Å². The zero-order chi connectivity index (χ0) is 23.8. The first-order valence-corrected chi connectivity index (χ1v) is 10.8. The van der Waals surface area contributed by atoms with Gasteiger partial charge in [0.1, 0.15) is 5.82 Å². The number of nitrogens with one attached hydrogen (secondary N) is 1. The summed E-state index contributed by atoms with van der Waals surface area (Å²) in [5, 5.41) is 12.9. The number of benzene rings is 3. The van der Waals surface area contributed by atoms with E-state index in [-0.39, 0.29) is 25.4 Å². The number of carbonyl (C=O) groups is 1. The highest BCUT2D eigenvalue weighted by Gasteiger charge is 2.23. The molecule has 3 aromatic carbocycles. The Labute approximate surface area is 207 Å². The van der Waals surface area contributed by atoms with E-state index in [0.29, 0.717) is 44.8 Å². The van der Waals surface area contributed by atoms with Gasteiger partial charge in [-0.15, -0.1) is 0 Å². The summed E-state index contributed by atoms with van der Waals surface area (Å²) in [6.45, 7) is 2.01. The van der Waals surface area contributed by atoms with Crippen LogP contribution in [0, 0.1) is 12.7 Å². The fourth-order valence-corrected chi connectivity index (χ4v) is 4.15. The molecular weight excluding hydrogens is 467 g/mol. The molecule has 0 unspecified atom stereocenters. The first kappa shape index (κ1) is 24.0. The first-order valence-electron chi connectivity index (χ1n) is 10.5. The van der Waals surface area contributed by atoms with Crippen molar-refractivity contribution in [1.82, 2.24) is 9.97 Å². The van der Waals surface area contributed by atoms with Crippen LogP contribution in [-0.4, -0.2) is 26.8 Å². The van der Waals surface area contributed by atoms with E-state index in [9.17, 15) is 14.3 Å². The maximum atomic E-state index is 14.7. The summed E-state index contributed by atoms with van der Waals surface area (Å²) in [4.78, 5) is 25.1. The van der Waals surface area contributed by atoms with Gasteiger partial charge in [0, 0.05) is 39.2 Å². The predicted octanol–water partition coefficient (Wildman–Crippen LogP) is 6.67. The van der Waals surface area contributed by atoms with Gasteiger partial charge in [0.2, 0.25) is 5.95 Å². The third kappa shape index (κ3) is 4.63. The lowest BCUT2D eigenvalue weighted by Gasteiger charge is -2.13. The fourth-order valence-electron chi connectivity index (χ4n) is 3.98. The Morgan fingerprint density at radius 2 is 1.86 bits per heavy atom. The minimum atomic E-state index is -0.980. The Hall–Kier alpha value is -4.10. The SMILES string of the molecule is C.Cc1cc(Nc2ncc3c(n2)-c2ccc(Cl)cc2C(c2ccccc2F)=NC3)ccc1C(=O)O. The zero-order valence-electron chi connectivity index (χ0n) is 18.0. The number of halogens is 2. The van der Waals surface area contributed by atoms with Crippen molar-refractivity contribution in [3.63, 3.8) is 0 Å². The maximum absolute atomic E-state index is 14.7. The number of nitrogens with zero attached hydrogens (tertiary/aromatic N) is 3. The number of carboxylic acid groups (broad SMARTS) is 1. The summed E-state index contributed by atoms with van der Waals surface area (Å²) in [6.07, 6.45) is 1.69. The number of aromatic nitrogens is 2. The molecule has 2 heterocycles. The summed E-state index contributed by atoms with van der Waals surface area (Å²) in [5.74, 6) is -1.01. The van der Waals surface area contributed by atoms with Crippen molar-refractivity contribution in [2.45, 2.75) is 20.9 Å². The van der Waals surface area contributed by atoms with Crippen LogP contribution in [-0.2, 0) is 6.54 Å². The van der Waals surface area contributed by atoms with Gasteiger partial charge in [0.05, 0.1) is 23.5 Å². The van der Waals surface area contributed by atoms with E-state index in [4.69, 9.17) is 21.6 Å². The van der Waals surface area contributed by atoms with E-state index >= 15 is 0 Å². The lowest BCUT2D eigenvalue weighted by atomic mass is 9.95. The van der Waals surface area contributed by atoms with Crippen LogP contribution in [0.15, 0.2) is 71.9 Å². The minimum absolute atomic E-state index is 0. The molecule has 0 saturated heterocycles. The summed E-state index contributed by atoms with van der Waals surface area (Å²) in [7, 11) is 0. The van der Waals surface area contributed by atoms with Crippen molar-refractivity contribution in [2.75, 3.05) is 5.32 Å². The molecule has 1 aliphatic heterocycles. The van der Waals surface area contributed by atoms with Crippen LogP contribution in [0.2, 0.25) is 5.02 Å². The van der Waals surface area contributed by atoms with Gasteiger partial charge >= 0.3 is 5.97 Å². The lowest BCUT2D eigenvalue weighted by Crippen LogP contribution is -2.07. The van der Waals surface area contributed by atoms with E-state index in [0.717, 1.165) is 11.1 Å². The van der Waals surface area contributed by atoms with Crippen LogP contribution < -0.4 is 5.32 Å². The molecule has 0 radical (unpaired) electrons. The third-order valence-corrected chi connectivity index (χ3v) is 5.84. The van der Waals surface area contributed by atoms with Crippen LogP contribution in [0.25, 0.3) is 11.3 Å². The molecule has 0 spiro atoms. The topological polar surface area (TPSA) is 87.5 Å². The molecule has 0 amide bonds. The number of aryl methyl sites for hydroxylation is 1. The molecule has 0 bridgehead atoms. The minimum Gasteiger partial charge on any atom is -0.478 e. The van der Waals surface area contributed by atoms with E-state index in [2.05, 4.69) is 10.3 Å². The number of hydrogen-bond acceptors (Lipinski definition) is 5. The molecule has 1 aliphatic rings. The molecule has 1 aromatic heterocycles. The van der Waals surface area contributed by atoms with Gasteiger partial charge in [-0.05, 0) is 55.0 Å². The van der Waals surface area contributed by atoms with Gasteiger partial charge in [-0.1, -0.05) is 37.2 Å². The average molecular weight is 489 g/mol. The molecule has 5 rings (SSSR count). The molecule has 8 heteroatoms. The molecule has 2 N–H and O–H groups in total. The number of rotatable bonds is 4. The zero-order valence-corrected chi connectivity index (χ0v) is 18.8. The Bertz CT molecular complexity index is 1490. The van der Waals surface area contributed by atoms with E-state index in [1.807, 2.05) is 6.07 Å². The predicted molar refractivity (Wildman–Crippen MR) is 136 cm³/mol. The number of aliphatic imine (C=N–C) groups is 1. The molecule has 6 nitrogen and oxygen atoms in total. The van der Waals surface area contributed by atoms with Crippen LogP contribution >= 0.6 is 11.6 Å². The first-order chi connectivity index (χ1) is 16.4. The molecule has 35 heavy (non-hydrogen) atoms. The Morgan fingerprint density at radius 3 is 2.60 bits per heavy atom. The number of hydrogen-bond donors (Lipinski definition) is 2. The monoisotopic (exact) mass is 488 g/mol. The molecule has 0 fully saturated rings. The van der Waals surface area contributed by atoms with Crippen molar-refractivity contribution in [3.8, 4) is 11.3 Å². The standard InChI is InChI=1S/C26H18ClFN4O2.CH4/c1-14-10-17(7-9-18(14)25(33)34)31-26-30-13-15-12-29-24(20-4-2-3-5-22(20)28)21-11-16(27)6-8-19(21)23(15)32-26;/h2-11,13H,12H2,1H3,(H,33,34)(H,30,31,32);1H4.